The first-order valence-electron chi connectivity index (χ1n) is 6.62. The Bertz CT molecular complexity index is 666. The highest BCUT2D eigenvalue weighted by Gasteiger charge is 2.18. The average molecular weight is 306 g/mol. The molecule has 0 spiro atoms. The lowest BCUT2D eigenvalue weighted by Crippen LogP contribution is -2.29. The Morgan fingerprint density at radius 2 is 2.05 bits per heavy atom. The maximum atomic E-state index is 11.8. The van der Waals surface area contributed by atoms with Gasteiger partial charge in [-0.3, -0.25) is 9.59 Å². The van der Waals surface area contributed by atoms with Crippen LogP contribution in [0, 0.1) is 6.92 Å². The van der Waals surface area contributed by atoms with Crippen molar-refractivity contribution in [3.8, 4) is 0 Å². The van der Waals surface area contributed by atoms with E-state index < -0.39 is 5.91 Å². The van der Waals surface area contributed by atoms with E-state index in [1.165, 1.54) is 11.8 Å². The fourth-order valence-electron chi connectivity index (χ4n) is 2.20. The summed E-state index contributed by atoms with van der Waals surface area (Å²) in [5.74, 6) is 0.532. The number of aryl methyl sites for hydroxylation is 1. The molecule has 1 atom stereocenters. The Balaban J connectivity index is 2.01. The Kier molecular flexibility index (Phi) is 4.90. The lowest BCUT2D eigenvalue weighted by atomic mass is 10.1. The van der Waals surface area contributed by atoms with Crippen molar-refractivity contribution in [3.05, 3.63) is 35.6 Å². The molecule has 1 heterocycles. The summed E-state index contributed by atoms with van der Waals surface area (Å²) in [4.78, 5) is 22.4. The van der Waals surface area contributed by atoms with Crippen LogP contribution in [0.2, 0.25) is 0 Å². The Labute approximate surface area is 127 Å². The molecule has 1 aromatic carbocycles. The summed E-state index contributed by atoms with van der Waals surface area (Å²) in [5.41, 5.74) is 6.87. The molecular formula is C15H18N2O3S. The van der Waals surface area contributed by atoms with Gasteiger partial charge in [0.25, 0.3) is 0 Å². The van der Waals surface area contributed by atoms with Gasteiger partial charge in [-0.25, -0.2) is 0 Å². The molecule has 1 aromatic heterocycles. The van der Waals surface area contributed by atoms with Crippen molar-refractivity contribution in [2.24, 2.45) is 5.73 Å². The van der Waals surface area contributed by atoms with E-state index in [0.717, 1.165) is 22.3 Å². The second-order valence-electron chi connectivity index (χ2n) is 4.84. The number of carbonyl (C=O) groups excluding carboxylic acids is 2. The molecule has 2 aromatic rings. The summed E-state index contributed by atoms with van der Waals surface area (Å²) < 4.78 is 5.81. The van der Waals surface area contributed by atoms with Crippen molar-refractivity contribution in [2.75, 3.05) is 11.5 Å². The summed E-state index contributed by atoms with van der Waals surface area (Å²) in [6.45, 7) is 3.85. The van der Waals surface area contributed by atoms with Crippen molar-refractivity contribution >= 4 is 34.5 Å². The third kappa shape index (κ3) is 3.78. The van der Waals surface area contributed by atoms with Crippen molar-refractivity contribution in [2.45, 2.75) is 19.9 Å². The van der Waals surface area contributed by atoms with Crippen LogP contribution in [0.15, 0.2) is 28.7 Å². The first-order chi connectivity index (χ1) is 9.99. The number of rotatable bonds is 6. The monoisotopic (exact) mass is 306 g/mol. The second kappa shape index (κ2) is 6.67. The molecule has 0 saturated carbocycles. The molecule has 0 fully saturated rings. The number of hydrogen-bond donors (Lipinski definition) is 2. The minimum absolute atomic E-state index is 0.144. The van der Waals surface area contributed by atoms with E-state index >= 15 is 0 Å². The van der Waals surface area contributed by atoms with Gasteiger partial charge in [0.2, 0.25) is 11.8 Å². The number of carbonyl (C=O) groups is 2. The van der Waals surface area contributed by atoms with Gasteiger partial charge in [0, 0.05) is 10.9 Å². The number of para-hydroxylation sites is 1. The average Bonchev–Trinajstić information content (AvgIpc) is 2.76. The van der Waals surface area contributed by atoms with Gasteiger partial charge in [-0.05, 0) is 19.9 Å². The Hall–Kier alpha value is -1.95. The molecule has 3 N–H and O–H groups in total. The van der Waals surface area contributed by atoms with Crippen LogP contribution in [0.4, 0.5) is 0 Å². The van der Waals surface area contributed by atoms with E-state index in [-0.39, 0.29) is 23.5 Å². The minimum Gasteiger partial charge on any atom is -0.459 e. The van der Waals surface area contributed by atoms with Crippen LogP contribution in [-0.2, 0) is 9.59 Å². The molecule has 0 radical (unpaired) electrons. The second-order valence-corrected chi connectivity index (χ2v) is 5.82. The molecule has 6 heteroatoms. The largest absolute Gasteiger partial charge is 0.459 e. The van der Waals surface area contributed by atoms with Gasteiger partial charge in [0.1, 0.15) is 11.3 Å². The fraction of sp³-hybridized carbons (Fsp3) is 0.333. The number of nitrogens with one attached hydrogen (secondary N) is 1. The van der Waals surface area contributed by atoms with Crippen LogP contribution < -0.4 is 11.1 Å². The number of furan rings is 1. The molecule has 0 aliphatic carbocycles. The number of nitrogens with two attached hydrogens (primary N) is 1. The Morgan fingerprint density at radius 3 is 2.71 bits per heavy atom. The van der Waals surface area contributed by atoms with Gasteiger partial charge in [-0.2, -0.15) is 0 Å². The zero-order valence-electron chi connectivity index (χ0n) is 12.0. The SMILES string of the molecule is Cc1c([C@@H](C)NC(=O)CSCC(N)=O)oc2ccccc12. The fourth-order valence-corrected chi connectivity index (χ4v) is 2.77. The van der Waals surface area contributed by atoms with Gasteiger partial charge in [0.15, 0.2) is 0 Å². The summed E-state index contributed by atoms with van der Waals surface area (Å²) in [6.07, 6.45) is 0. The van der Waals surface area contributed by atoms with E-state index in [1.807, 2.05) is 38.1 Å². The van der Waals surface area contributed by atoms with Gasteiger partial charge in [-0.1, -0.05) is 18.2 Å². The lowest BCUT2D eigenvalue weighted by Gasteiger charge is -2.12. The molecule has 112 valence electrons. The minimum atomic E-state index is -0.422. The normalized spacial score (nSPS) is 12.3. The van der Waals surface area contributed by atoms with E-state index in [9.17, 15) is 9.59 Å². The quantitative estimate of drug-likeness (QED) is 0.856. The highest BCUT2D eigenvalue weighted by molar-refractivity contribution is 8.00. The predicted octanol–water partition coefficient (Wildman–Crippen LogP) is 2.14. The van der Waals surface area contributed by atoms with Crippen LogP contribution in [0.3, 0.4) is 0 Å². The predicted molar refractivity (Wildman–Crippen MR) is 84.0 cm³/mol. The smallest absolute Gasteiger partial charge is 0.230 e. The molecule has 0 unspecified atom stereocenters. The van der Waals surface area contributed by atoms with Gasteiger partial charge in [-0.15, -0.1) is 11.8 Å². The topological polar surface area (TPSA) is 85.3 Å². The van der Waals surface area contributed by atoms with Gasteiger partial charge < -0.3 is 15.5 Å². The van der Waals surface area contributed by atoms with Crippen LogP contribution in [0.25, 0.3) is 11.0 Å². The van der Waals surface area contributed by atoms with Crippen molar-refractivity contribution in [1.82, 2.24) is 5.32 Å². The summed E-state index contributed by atoms with van der Waals surface area (Å²) in [7, 11) is 0. The molecular weight excluding hydrogens is 288 g/mol. The van der Waals surface area contributed by atoms with Crippen LogP contribution in [0.5, 0.6) is 0 Å². The zero-order valence-corrected chi connectivity index (χ0v) is 12.8. The number of amides is 2. The van der Waals surface area contributed by atoms with E-state index in [2.05, 4.69) is 5.32 Å². The number of thioether (sulfide) groups is 1. The third-order valence-corrected chi connectivity index (χ3v) is 4.08. The summed E-state index contributed by atoms with van der Waals surface area (Å²) in [5, 5.41) is 3.92. The van der Waals surface area contributed by atoms with Crippen LogP contribution in [-0.4, -0.2) is 23.3 Å². The van der Waals surface area contributed by atoms with Crippen LogP contribution >= 0.6 is 11.8 Å². The van der Waals surface area contributed by atoms with Crippen molar-refractivity contribution in [3.63, 3.8) is 0 Å². The molecule has 0 aliphatic rings. The first-order valence-corrected chi connectivity index (χ1v) is 7.78. The first kappa shape index (κ1) is 15.4. The van der Waals surface area contributed by atoms with Crippen LogP contribution in [0.1, 0.15) is 24.3 Å². The number of hydrogen-bond acceptors (Lipinski definition) is 4. The van der Waals surface area contributed by atoms with E-state index in [0.29, 0.717) is 0 Å². The summed E-state index contributed by atoms with van der Waals surface area (Å²) in [6, 6.07) is 7.55. The highest BCUT2D eigenvalue weighted by Crippen LogP contribution is 2.29. The highest BCUT2D eigenvalue weighted by atomic mass is 32.2. The van der Waals surface area contributed by atoms with E-state index in [4.69, 9.17) is 10.2 Å². The lowest BCUT2D eigenvalue weighted by molar-refractivity contribution is -0.119. The van der Waals surface area contributed by atoms with E-state index in [1.54, 1.807) is 0 Å². The zero-order chi connectivity index (χ0) is 15.4. The van der Waals surface area contributed by atoms with Gasteiger partial charge in [0.05, 0.1) is 17.5 Å². The van der Waals surface area contributed by atoms with Crippen molar-refractivity contribution in [1.29, 1.82) is 0 Å². The number of primary amides is 1. The molecule has 21 heavy (non-hydrogen) atoms. The molecule has 2 rings (SSSR count). The number of fused-ring (bicyclic) bond motifs is 1. The molecule has 2 amide bonds. The van der Waals surface area contributed by atoms with Crippen molar-refractivity contribution < 1.29 is 14.0 Å². The Morgan fingerprint density at radius 1 is 1.33 bits per heavy atom. The molecule has 5 nitrogen and oxygen atoms in total. The standard InChI is InChI=1S/C15H18N2O3S/c1-9-11-5-3-4-6-12(11)20-15(9)10(2)17-14(19)8-21-7-13(16)18/h3-6,10H,7-8H2,1-2H3,(H2,16,18)(H,17,19)/t10-/m1/s1. The maximum absolute atomic E-state index is 11.8. The third-order valence-electron chi connectivity index (χ3n) is 3.13. The molecule has 0 bridgehead atoms. The molecule has 0 aliphatic heterocycles. The van der Waals surface area contributed by atoms with Gasteiger partial charge >= 0.3 is 0 Å². The molecule has 0 saturated heterocycles. The maximum Gasteiger partial charge on any atom is 0.230 e. The summed E-state index contributed by atoms with van der Waals surface area (Å²) >= 11 is 1.20. The number of benzene rings is 1.